The molecule has 0 atom stereocenters. The molecule has 25 heavy (non-hydrogen) atoms. The fourth-order valence-electron chi connectivity index (χ4n) is 2.02. The molecule has 2 aromatic carbocycles. The maximum absolute atomic E-state index is 12.2. The first-order valence-corrected chi connectivity index (χ1v) is 6.95. The van der Waals surface area contributed by atoms with Crippen molar-refractivity contribution in [2.24, 2.45) is 10.9 Å². The second-order valence-electron chi connectivity index (χ2n) is 4.80. The van der Waals surface area contributed by atoms with Gasteiger partial charge in [0.15, 0.2) is 12.4 Å². The van der Waals surface area contributed by atoms with Crippen LogP contribution in [0.4, 0.5) is 5.69 Å². The summed E-state index contributed by atoms with van der Waals surface area (Å²) in [6.45, 7) is -0.512. The van der Waals surface area contributed by atoms with E-state index >= 15 is 0 Å². The normalized spacial score (nSPS) is 11.0. The number of carboxylic acid groups (broad SMARTS) is 1. The quantitative estimate of drug-likeness (QED) is 0.336. The van der Waals surface area contributed by atoms with Crippen LogP contribution < -0.4 is 10.6 Å². The molecule has 0 aromatic heterocycles. The van der Waals surface area contributed by atoms with Gasteiger partial charge in [0.25, 0.3) is 0 Å². The van der Waals surface area contributed by atoms with Gasteiger partial charge in [0.2, 0.25) is 5.78 Å². The van der Waals surface area contributed by atoms with E-state index in [1.807, 2.05) is 0 Å². The van der Waals surface area contributed by atoms with Gasteiger partial charge in [0, 0.05) is 11.6 Å². The van der Waals surface area contributed by atoms with Gasteiger partial charge < -0.3 is 15.7 Å². The molecule has 0 fully saturated rings. The Bertz CT molecular complexity index is 845. The number of hydrogen-bond acceptors (Lipinski definition) is 7. The fraction of sp³-hybridized carbons (Fsp3) is 0.0625. The number of ether oxygens (including phenoxy) is 1. The Hall–Kier alpha value is -3.75. The number of aromatic carboxylic acids is 1. The molecule has 0 spiro atoms. The summed E-state index contributed by atoms with van der Waals surface area (Å²) in [5.74, 6) is 3.47. The summed E-state index contributed by atoms with van der Waals surface area (Å²) in [5.41, 5.74) is -0.0461. The van der Waals surface area contributed by atoms with Crippen molar-refractivity contribution < 1.29 is 24.4 Å². The molecular weight excluding hydrogens is 330 g/mol. The number of nitrogens with zero attached hydrogens (tertiary/aromatic N) is 2. The third kappa shape index (κ3) is 4.16. The minimum atomic E-state index is -1.11. The highest BCUT2D eigenvalue weighted by molar-refractivity contribution is 6.46. The second-order valence-corrected chi connectivity index (χ2v) is 4.80. The van der Waals surface area contributed by atoms with Crippen LogP contribution >= 0.6 is 0 Å². The van der Waals surface area contributed by atoms with Gasteiger partial charge in [-0.2, -0.15) is 5.10 Å². The van der Waals surface area contributed by atoms with Crippen LogP contribution in [0.1, 0.15) is 15.9 Å². The van der Waals surface area contributed by atoms with Crippen molar-refractivity contribution in [2.75, 3.05) is 6.61 Å². The lowest BCUT2D eigenvalue weighted by Crippen LogP contribution is -2.24. The molecule has 0 amide bonds. The average Bonchev–Trinajstić information content (AvgIpc) is 2.61. The third-order valence-electron chi connectivity index (χ3n) is 3.22. The molecule has 0 heterocycles. The van der Waals surface area contributed by atoms with Crippen LogP contribution in [0.15, 0.2) is 53.6 Å². The van der Waals surface area contributed by atoms with Crippen LogP contribution in [0.2, 0.25) is 0 Å². The van der Waals surface area contributed by atoms with Gasteiger partial charge in [-0.1, -0.05) is 24.3 Å². The maximum atomic E-state index is 12.2. The van der Waals surface area contributed by atoms with Crippen LogP contribution in [0.5, 0.6) is 5.75 Å². The zero-order valence-corrected chi connectivity index (χ0v) is 12.8. The zero-order valence-electron chi connectivity index (χ0n) is 12.8. The van der Waals surface area contributed by atoms with Crippen molar-refractivity contribution in [3.05, 3.63) is 69.8 Å². The second kappa shape index (κ2) is 7.68. The molecular formula is C16H13N3O6. The van der Waals surface area contributed by atoms with Crippen molar-refractivity contribution >= 4 is 23.2 Å². The number of para-hydroxylation sites is 2. The lowest BCUT2D eigenvalue weighted by Gasteiger charge is -2.08. The average molecular weight is 343 g/mol. The lowest BCUT2D eigenvalue weighted by molar-refractivity contribution is -0.385. The summed E-state index contributed by atoms with van der Waals surface area (Å²) in [6, 6.07) is 11.0. The van der Waals surface area contributed by atoms with Crippen molar-refractivity contribution in [1.82, 2.24) is 0 Å². The Labute approximate surface area is 141 Å². The zero-order chi connectivity index (χ0) is 18.4. The number of carbonyl (C=O) groups excluding carboxylic acids is 1. The van der Waals surface area contributed by atoms with Gasteiger partial charge in [0.05, 0.1) is 10.5 Å². The Kier molecular flexibility index (Phi) is 5.41. The number of rotatable bonds is 7. The van der Waals surface area contributed by atoms with E-state index in [1.165, 1.54) is 48.5 Å². The number of carbonyl (C=O) groups is 2. The number of nitrogens with two attached hydrogens (primary N) is 1. The molecule has 0 saturated carbocycles. The molecule has 0 aliphatic carbocycles. The van der Waals surface area contributed by atoms with Crippen LogP contribution in [0, 0.1) is 10.1 Å². The van der Waals surface area contributed by atoms with Crippen molar-refractivity contribution in [1.29, 1.82) is 0 Å². The van der Waals surface area contributed by atoms with E-state index in [1.54, 1.807) is 0 Å². The minimum absolute atomic E-state index is 0.0451. The number of hydrazone groups is 1. The van der Waals surface area contributed by atoms with Gasteiger partial charge in [-0.3, -0.25) is 14.9 Å². The molecule has 9 nitrogen and oxygen atoms in total. The smallest absolute Gasteiger partial charge is 0.335 e. The van der Waals surface area contributed by atoms with Gasteiger partial charge in [-0.15, -0.1) is 0 Å². The molecule has 0 bridgehead atoms. The van der Waals surface area contributed by atoms with E-state index in [2.05, 4.69) is 5.10 Å². The summed E-state index contributed by atoms with van der Waals surface area (Å²) in [4.78, 5) is 33.4. The highest BCUT2D eigenvalue weighted by Crippen LogP contribution is 2.25. The van der Waals surface area contributed by atoms with E-state index in [0.717, 1.165) is 0 Å². The first-order valence-electron chi connectivity index (χ1n) is 6.95. The largest absolute Gasteiger partial charge is 0.478 e. The van der Waals surface area contributed by atoms with Gasteiger partial charge >= 0.3 is 11.7 Å². The van der Waals surface area contributed by atoms with E-state index in [9.17, 15) is 19.7 Å². The summed E-state index contributed by atoms with van der Waals surface area (Å²) in [6.07, 6.45) is 0. The highest BCUT2D eigenvalue weighted by atomic mass is 16.6. The monoisotopic (exact) mass is 343 g/mol. The lowest BCUT2D eigenvalue weighted by atomic mass is 10.0. The maximum Gasteiger partial charge on any atom is 0.335 e. The molecule has 0 unspecified atom stereocenters. The number of hydrogen-bond donors (Lipinski definition) is 2. The Morgan fingerprint density at radius 3 is 2.28 bits per heavy atom. The number of carboxylic acids is 1. The van der Waals surface area contributed by atoms with Crippen LogP contribution in [0.3, 0.4) is 0 Å². The summed E-state index contributed by atoms with van der Waals surface area (Å²) >= 11 is 0. The minimum Gasteiger partial charge on any atom is -0.478 e. The standard InChI is InChI=1S/C16H13N3O6/c17-18-15(10-5-7-11(8-6-10)16(21)22)13(20)9-25-14-4-2-1-3-12(14)19(23)24/h1-8H,9,17H2,(H,21,22)/b18-15+. The number of benzene rings is 2. The Balaban J connectivity index is 2.13. The van der Waals surface area contributed by atoms with Crippen molar-refractivity contribution in [3.8, 4) is 5.75 Å². The molecule has 0 saturated heterocycles. The van der Waals surface area contributed by atoms with Crippen LogP contribution in [-0.2, 0) is 4.79 Å². The highest BCUT2D eigenvalue weighted by Gasteiger charge is 2.19. The molecule has 2 rings (SSSR count). The summed E-state index contributed by atoms with van der Waals surface area (Å²) in [5, 5.41) is 23.2. The van der Waals surface area contributed by atoms with Crippen LogP contribution in [0.25, 0.3) is 0 Å². The van der Waals surface area contributed by atoms with E-state index in [-0.39, 0.29) is 22.7 Å². The number of nitro groups is 1. The van der Waals surface area contributed by atoms with Crippen LogP contribution in [-0.4, -0.2) is 34.1 Å². The molecule has 0 aliphatic heterocycles. The Morgan fingerprint density at radius 1 is 1.12 bits per heavy atom. The van der Waals surface area contributed by atoms with E-state index < -0.39 is 23.3 Å². The number of Topliss-reactive ketones (excluding diaryl/α,β-unsaturated/α-hetero) is 1. The predicted molar refractivity (Wildman–Crippen MR) is 87.7 cm³/mol. The molecule has 3 N–H and O–H groups in total. The number of nitro benzene ring substituents is 1. The Morgan fingerprint density at radius 2 is 1.72 bits per heavy atom. The molecule has 128 valence electrons. The van der Waals surface area contributed by atoms with Gasteiger partial charge in [-0.05, 0) is 18.2 Å². The summed E-state index contributed by atoms with van der Waals surface area (Å²) < 4.78 is 5.20. The van der Waals surface area contributed by atoms with Crippen molar-refractivity contribution in [3.63, 3.8) is 0 Å². The van der Waals surface area contributed by atoms with E-state index in [4.69, 9.17) is 15.7 Å². The van der Waals surface area contributed by atoms with E-state index in [0.29, 0.717) is 5.56 Å². The topological polar surface area (TPSA) is 145 Å². The first-order chi connectivity index (χ1) is 11.9. The SMILES string of the molecule is N/N=C(/C(=O)COc1ccccc1[N+](=O)[O-])c1ccc(C(=O)O)cc1. The fourth-order valence-corrected chi connectivity index (χ4v) is 2.02. The molecule has 9 heteroatoms. The molecule has 2 aromatic rings. The van der Waals surface area contributed by atoms with Gasteiger partial charge in [0.1, 0.15) is 5.71 Å². The molecule has 0 radical (unpaired) electrons. The third-order valence-corrected chi connectivity index (χ3v) is 3.22. The molecule has 0 aliphatic rings. The predicted octanol–water partition coefficient (Wildman–Crippen LogP) is 1.60. The first kappa shape index (κ1) is 17.6. The van der Waals surface area contributed by atoms with Gasteiger partial charge in [-0.25, -0.2) is 4.79 Å². The van der Waals surface area contributed by atoms with Crippen molar-refractivity contribution in [2.45, 2.75) is 0 Å². The summed E-state index contributed by atoms with van der Waals surface area (Å²) in [7, 11) is 0. The number of ketones is 1.